The number of carbonyl (C=O) groups excluding carboxylic acids is 1. The zero-order valence-corrected chi connectivity index (χ0v) is 8.77. The number of aromatic amines is 1. The van der Waals surface area contributed by atoms with Gasteiger partial charge in [0.2, 0.25) is 0 Å². The van der Waals surface area contributed by atoms with E-state index in [1.165, 1.54) is 6.20 Å². The zero-order chi connectivity index (χ0) is 11.1. The Balaban J connectivity index is 0.000000162. The van der Waals surface area contributed by atoms with Crippen molar-refractivity contribution < 1.29 is 4.79 Å². The largest absolute Gasteiger partial charge is 0.357 e. The second kappa shape index (κ2) is 5.64. The van der Waals surface area contributed by atoms with Crippen molar-refractivity contribution in [2.45, 2.75) is 0 Å². The minimum Gasteiger partial charge on any atom is -0.357 e. The highest BCUT2D eigenvalue weighted by atomic mass is 16.2. The van der Waals surface area contributed by atoms with Gasteiger partial charge >= 0.3 is 0 Å². The first-order chi connectivity index (χ1) is 7.24. The highest BCUT2D eigenvalue weighted by Gasteiger charge is 2.01. The fourth-order valence-corrected chi connectivity index (χ4v) is 0.928. The summed E-state index contributed by atoms with van der Waals surface area (Å²) in [6.07, 6.45) is 7.13. The summed E-state index contributed by atoms with van der Waals surface area (Å²) in [6.45, 7) is 0. The Kier molecular flexibility index (Phi) is 4.15. The van der Waals surface area contributed by atoms with E-state index in [4.69, 9.17) is 0 Å². The Hall–Kier alpha value is -2.04. The van der Waals surface area contributed by atoms with Gasteiger partial charge in [0.05, 0.1) is 0 Å². The van der Waals surface area contributed by atoms with Crippen LogP contribution in [0.15, 0.2) is 36.9 Å². The Morgan fingerprint density at radius 3 is 2.47 bits per heavy atom. The fourth-order valence-electron chi connectivity index (χ4n) is 0.928. The molecular formula is C10H14N4O. The van der Waals surface area contributed by atoms with E-state index in [1.807, 2.05) is 36.1 Å². The third kappa shape index (κ3) is 3.68. The van der Waals surface area contributed by atoms with Crippen LogP contribution in [-0.4, -0.2) is 27.5 Å². The average molecular weight is 206 g/mol. The molecule has 0 aliphatic carbocycles. The van der Waals surface area contributed by atoms with E-state index < -0.39 is 0 Å². The maximum atomic E-state index is 10.7. The lowest BCUT2D eigenvalue weighted by molar-refractivity contribution is 0.0954. The van der Waals surface area contributed by atoms with Crippen LogP contribution in [0.5, 0.6) is 0 Å². The molecule has 2 aromatic rings. The molecule has 2 rings (SSSR count). The zero-order valence-electron chi connectivity index (χ0n) is 8.77. The molecule has 0 saturated heterocycles. The summed E-state index contributed by atoms with van der Waals surface area (Å²) in [4.78, 5) is 17.1. The molecular weight excluding hydrogens is 192 g/mol. The van der Waals surface area contributed by atoms with Gasteiger partial charge in [0, 0.05) is 38.9 Å². The first kappa shape index (κ1) is 11.0. The van der Waals surface area contributed by atoms with Gasteiger partial charge in [-0.3, -0.25) is 4.79 Å². The topological polar surface area (TPSA) is 62.7 Å². The van der Waals surface area contributed by atoms with E-state index in [9.17, 15) is 4.79 Å². The van der Waals surface area contributed by atoms with Gasteiger partial charge in [-0.25, -0.2) is 4.98 Å². The molecule has 0 radical (unpaired) electrons. The quantitative estimate of drug-likeness (QED) is 0.724. The van der Waals surface area contributed by atoms with E-state index in [2.05, 4.69) is 15.3 Å². The Morgan fingerprint density at radius 2 is 2.13 bits per heavy atom. The van der Waals surface area contributed by atoms with Crippen molar-refractivity contribution in [3.05, 3.63) is 42.7 Å². The summed E-state index contributed by atoms with van der Waals surface area (Å²) >= 11 is 0. The lowest BCUT2D eigenvalue weighted by Gasteiger charge is -1.90. The van der Waals surface area contributed by atoms with Crippen molar-refractivity contribution in [3.63, 3.8) is 0 Å². The van der Waals surface area contributed by atoms with Crippen LogP contribution in [-0.2, 0) is 7.05 Å². The van der Waals surface area contributed by atoms with E-state index in [-0.39, 0.29) is 5.91 Å². The van der Waals surface area contributed by atoms with Crippen LogP contribution >= 0.6 is 0 Å². The summed E-state index contributed by atoms with van der Waals surface area (Å²) in [5.74, 6) is 0.150. The van der Waals surface area contributed by atoms with E-state index in [0.717, 1.165) is 0 Å². The van der Waals surface area contributed by atoms with Gasteiger partial charge in [-0.2, -0.15) is 0 Å². The second-order valence-electron chi connectivity index (χ2n) is 2.87. The molecule has 0 atom stereocenters. The lowest BCUT2D eigenvalue weighted by Crippen LogP contribution is -2.18. The fraction of sp³-hybridized carbons (Fsp3) is 0.200. The van der Waals surface area contributed by atoms with E-state index in [1.54, 1.807) is 13.2 Å². The van der Waals surface area contributed by atoms with Crippen LogP contribution in [0.25, 0.3) is 0 Å². The summed E-state index contributed by atoms with van der Waals surface area (Å²) in [5, 5.41) is 2.43. The molecule has 0 spiro atoms. The minimum absolute atomic E-state index is 0.194. The average Bonchev–Trinajstić information content (AvgIpc) is 2.89. The number of hydrogen-bond donors (Lipinski definition) is 2. The van der Waals surface area contributed by atoms with Crippen molar-refractivity contribution >= 4 is 5.91 Å². The van der Waals surface area contributed by atoms with E-state index >= 15 is 0 Å². The first-order valence-electron chi connectivity index (χ1n) is 4.52. The number of carbonyl (C=O) groups is 1. The Bertz CT molecular complexity index is 377. The molecule has 80 valence electrons. The standard InChI is InChI=1S/C5H7N3O.C5H7N/c1-6-5(9)4-7-2-3-8-4;1-6-4-2-3-5-6/h2-3H,1H3,(H,6,9)(H,7,8);2-5H,1H3. The molecule has 2 aromatic heterocycles. The van der Waals surface area contributed by atoms with Crippen molar-refractivity contribution in [1.29, 1.82) is 0 Å². The summed E-state index contributed by atoms with van der Waals surface area (Å²) in [7, 11) is 3.56. The molecule has 0 unspecified atom stereocenters. The monoisotopic (exact) mass is 206 g/mol. The van der Waals surface area contributed by atoms with Crippen LogP contribution in [0.1, 0.15) is 10.6 Å². The highest BCUT2D eigenvalue weighted by Crippen LogP contribution is 1.84. The van der Waals surface area contributed by atoms with Crippen molar-refractivity contribution in [2.24, 2.45) is 7.05 Å². The summed E-state index contributed by atoms with van der Waals surface area (Å²) in [5.41, 5.74) is 0. The number of hydrogen-bond acceptors (Lipinski definition) is 2. The van der Waals surface area contributed by atoms with Crippen molar-refractivity contribution in [1.82, 2.24) is 19.9 Å². The summed E-state index contributed by atoms with van der Waals surface area (Å²) in [6, 6.07) is 4.00. The van der Waals surface area contributed by atoms with Crippen molar-refractivity contribution in [2.75, 3.05) is 7.05 Å². The Morgan fingerprint density at radius 1 is 1.47 bits per heavy atom. The maximum absolute atomic E-state index is 10.7. The molecule has 0 fully saturated rings. The molecule has 5 nitrogen and oxygen atoms in total. The van der Waals surface area contributed by atoms with Crippen LogP contribution < -0.4 is 5.32 Å². The van der Waals surface area contributed by atoms with Gasteiger partial charge in [0.25, 0.3) is 5.91 Å². The molecule has 0 aliphatic heterocycles. The lowest BCUT2D eigenvalue weighted by atomic mass is 10.6. The molecule has 2 N–H and O–H groups in total. The molecule has 1 amide bonds. The normalized spacial score (nSPS) is 8.93. The van der Waals surface area contributed by atoms with Crippen LogP contribution in [0.4, 0.5) is 0 Å². The van der Waals surface area contributed by atoms with Gasteiger partial charge in [0.1, 0.15) is 0 Å². The number of nitrogens with one attached hydrogen (secondary N) is 2. The molecule has 5 heteroatoms. The number of rotatable bonds is 1. The number of H-pyrrole nitrogens is 1. The Labute approximate surface area is 88.1 Å². The predicted molar refractivity (Wildman–Crippen MR) is 57.4 cm³/mol. The van der Waals surface area contributed by atoms with Gasteiger partial charge in [-0.1, -0.05) is 0 Å². The number of amides is 1. The second-order valence-corrected chi connectivity index (χ2v) is 2.87. The number of aryl methyl sites for hydroxylation is 1. The smallest absolute Gasteiger partial charge is 0.286 e. The van der Waals surface area contributed by atoms with Crippen LogP contribution in [0, 0.1) is 0 Å². The molecule has 0 aliphatic rings. The third-order valence-corrected chi connectivity index (χ3v) is 1.69. The summed E-state index contributed by atoms with van der Waals surface area (Å²) < 4.78 is 2.00. The SMILES string of the molecule is CNC(=O)c1ncc[nH]1.Cn1cccc1. The molecule has 2 heterocycles. The van der Waals surface area contributed by atoms with Gasteiger partial charge < -0.3 is 14.9 Å². The first-order valence-corrected chi connectivity index (χ1v) is 4.52. The molecule has 0 bridgehead atoms. The number of nitrogens with zero attached hydrogens (tertiary/aromatic N) is 2. The van der Waals surface area contributed by atoms with E-state index in [0.29, 0.717) is 5.82 Å². The maximum Gasteiger partial charge on any atom is 0.286 e. The highest BCUT2D eigenvalue weighted by molar-refractivity contribution is 5.90. The predicted octanol–water partition coefficient (Wildman–Crippen LogP) is 0.794. The van der Waals surface area contributed by atoms with Gasteiger partial charge in [0.15, 0.2) is 5.82 Å². The van der Waals surface area contributed by atoms with Crippen molar-refractivity contribution in [3.8, 4) is 0 Å². The van der Waals surface area contributed by atoms with Gasteiger partial charge in [-0.05, 0) is 12.1 Å². The number of imidazole rings is 1. The molecule has 0 saturated carbocycles. The minimum atomic E-state index is -0.194. The molecule has 15 heavy (non-hydrogen) atoms. The third-order valence-electron chi connectivity index (χ3n) is 1.69. The van der Waals surface area contributed by atoms with Crippen LogP contribution in [0.2, 0.25) is 0 Å². The molecule has 0 aromatic carbocycles. The van der Waals surface area contributed by atoms with Crippen LogP contribution in [0.3, 0.4) is 0 Å². The van der Waals surface area contributed by atoms with Gasteiger partial charge in [-0.15, -0.1) is 0 Å². The number of aromatic nitrogens is 3.